The Morgan fingerprint density at radius 1 is 0.879 bits per heavy atom. The van der Waals surface area contributed by atoms with Crippen LogP contribution in [0.1, 0.15) is 27.6 Å². The number of aromatic carboxylic acids is 1. The maximum atomic E-state index is 12.7. The lowest BCUT2D eigenvalue weighted by atomic mass is 10.1. The first-order chi connectivity index (χ1) is 15.9. The van der Waals surface area contributed by atoms with Crippen LogP contribution in [0.3, 0.4) is 0 Å². The predicted octanol–water partition coefficient (Wildman–Crippen LogP) is 5.24. The van der Waals surface area contributed by atoms with Gasteiger partial charge in [0.2, 0.25) is 5.91 Å². The molecule has 0 bridgehead atoms. The highest BCUT2D eigenvalue weighted by Gasteiger charge is 2.17. The molecule has 0 aliphatic heterocycles. The van der Waals surface area contributed by atoms with Crippen molar-refractivity contribution in [2.24, 2.45) is 0 Å². The molecule has 0 radical (unpaired) electrons. The standard InChI is InChI=1S/C25H21N3O4S/c1-15(23(29)27-18-10-9-16-11-12-26-22(16)14-18)33-19-6-4-5-17(13-19)28-24(30)20-7-2-3-8-21(20)25(31)32/h2-15,26H,1H3,(H,27,29)(H,28,30)(H,31,32). The van der Waals surface area contributed by atoms with Crippen molar-refractivity contribution in [1.29, 1.82) is 0 Å². The summed E-state index contributed by atoms with van der Waals surface area (Å²) in [6, 6.07) is 20.8. The van der Waals surface area contributed by atoms with E-state index in [1.807, 2.05) is 43.5 Å². The second kappa shape index (κ2) is 9.62. The van der Waals surface area contributed by atoms with Crippen molar-refractivity contribution in [2.75, 3.05) is 10.6 Å². The maximum Gasteiger partial charge on any atom is 0.336 e. The molecule has 33 heavy (non-hydrogen) atoms. The number of nitrogens with one attached hydrogen (secondary N) is 3. The van der Waals surface area contributed by atoms with E-state index in [9.17, 15) is 19.5 Å². The summed E-state index contributed by atoms with van der Waals surface area (Å²) in [4.78, 5) is 40.6. The highest BCUT2D eigenvalue weighted by Crippen LogP contribution is 2.27. The van der Waals surface area contributed by atoms with Gasteiger partial charge in [-0.05, 0) is 60.8 Å². The summed E-state index contributed by atoms with van der Waals surface area (Å²) in [5.74, 6) is -1.82. The lowest BCUT2D eigenvalue weighted by Crippen LogP contribution is -2.22. The molecule has 166 valence electrons. The highest BCUT2D eigenvalue weighted by atomic mass is 32.2. The Morgan fingerprint density at radius 2 is 1.64 bits per heavy atom. The van der Waals surface area contributed by atoms with Crippen LogP contribution in [0.15, 0.2) is 83.9 Å². The number of fused-ring (bicyclic) bond motifs is 1. The number of benzene rings is 3. The number of amides is 2. The first-order valence-corrected chi connectivity index (χ1v) is 11.1. The number of aromatic nitrogens is 1. The van der Waals surface area contributed by atoms with E-state index in [-0.39, 0.29) is 22.3 Å². The van der Waals surface area contributed by atoms with Gasteiger partial charge in [0.15, 0.2) is 0 Å². The summed E-state index contributed by atoms with van der Waals surface area (Å²) in [7, 11) is 0. The minimum absolute atomic E-state index is 0.0663. The molecule has 4 rings (SSSR count). The number of rotatable bonds is 7. The maximum absolute atomic E-state index is 12.7. The Balaban J connectivity index is 1.41. The van der Waals surface area contributed by atoms with E-state index in [1.54, 1.807) is 30.3 Å². The van der Waals surface area contributed by atoms with Gasteiger partial charge in [-0.15, -0.1) is 11.8 Å². The molecule has 1 unspecified atom stereocenters. The van der Waals surface area contributed by atoms with Crippen LogP contribution in [0.2, 0.25) is 0 Å². The zero-order valence-corrected chi connectivity index (χ0v) is 18.5. The monoisotopic (exact) mass is 459 g/mol. The fourth-order valence-corrected chi connectivity index (χ4v) is 4.27. The zero-order chi connectivity index (χ0) is 23.4. The van der Waals surface area contributed by atoms with Gasteiger partial charge in [-0.25, -0.2) is 4.79 Å². The van der Waals surface area contributed by atoms with Crippen LogP contribution in [0.4, 0.5) is 11.4 Å². The molecule has 0 aliphatic rings. The molecule has 0 fully saturated rings. The third-order valence-electron chi connectivity index (χ3n) is 5.00. The normalized spacial score (nSPS) is 11.7. The smallest absolute Gasteiger partial charge is 0.336 e. The molecule has 1 heterocycles. The van der Waals surface area contributed by atoms with E-state index < -0.39 is 11.9 Å². The average Bonchev–Trinajstić information content (AvgIpc) is 3.27. The number of carboxylic acid groups (broad SMARTS) is 1. The van der Waals surface area contributed by atoms with E-state index in [1.165, 1.54) is 23.9 Å². The molecule has 4 N–H and O–H groups in total. The van der Waals surface area contributed by atoms with E-state index in [0.29, 0.717) is 11.4 Å². The van der Waals surface area contributed by atoms with Gasteiger partial charge >= 0.3 is 5.97 Å². The summed E-state index contributed by atoms with van der Waals surface area (Å²) in [5.41, 5.74) is 2.18. The number of thioether (sulfide) groups is 1. The number of carboxylic acids is 1. The zero-order valence-electron chi connectivity index (χ0n) is 17.7. The van der Waals surface area contributed by atoms with Gasteiger partial charge in [-0.3, -0.25) is 9.59 Å². The first kappa shape index (κ1) is 22.2. The molecule has 7 nitrogen and oxygen atoms in total. The number of aromatic amines is 1. The van der Waals surface area contributed by atoms with Crippen molar-refractivity contribution < 1.29 is 19.5 Å². The van der Waals surface area contributed by atoms with Gasteiger partial charge in [0.25, 0.3) is 5.91 Å². The first-order valence-electron chi connectivity index (χ1n) is 10.2. The van der Waals surface area contributed by atoms with Crippen LogP contribution < -0.4 is 10.6 Å². The van der Waals surface area contributed by atoms with Gasteiger partial charge < -0.3 is 20.7 Å². The van der Waals surface area contributed by atoms with Crippen LogP contribution in [-0.4, -0.2) is 33.1 Å². The molecule has 1 aromatic heterocycles. The molecule has 0 saturated carbocycles. The largest absolute Gasteiger partial charge is 0.478 e. The van der Waals surface area contributed by atoms with Crippen molar-refractivity contribution in [1.82, 2.24) is 4.98 Å². The Hall–Kier alpha value is -4.04. The number of H-pyrrole nitrogens is 1. The molecule has 0 saturated heterocycles. The van der Waals surface area contributed by atoms with Crippen LogP contribution >= 0.6 is 11.8 Å². The lowest BCUT2D eigenvalue weighted by Gasteiger charge is -2.13. The second-order valence-corrected chi connectivity index (χ2v) is 8.78. The van der Waals surface area contributed by atoms with E-state index in [0.717, 1.165) is 15.8 Å². The van der Waals surface area contributed by atoms with Gasteiger partial charge in [0, 0.05) is 28.0 Å². The lowest BCUT2D eigenvalue weighted by molar-refractivity contribution is -0.115. The molecule has 8 heteroatoms. The van der Waals surface area contributed by atoms with E-state index >= 15 is 0 Å². The van der Waals surface area contributed by atoms with Crippen molar-refractivity contribution in [3.05, 3.63) is 90.1 Å². The van der Waals surface area contributed by atoms with Crippen LogP contribution in [0, 0.1) is 0 Å². The Morgan fingerprint density at radius 3 is 2.42 bits per heavy atom. The summed E-state index contributed by atoms with van der Waals surface area (Å²) < 4.78 is 0. The number of carbonyl (C=O) groups excluding carboxylic acids is 2. The third kappa shape index (κ3) is 5.24. The summed E-state index contributed by atoms with van der Waals surface area (Å²) in [6.07, 6.45) is 1.85. The van der Waals surface area contributed by atoms with E-state index in [4.69, 9.17) is 0 Å². The molecule has 0 spiro atoms. The topological polar surface area (TPSA) is 111 Å². The Bertz CT molecular complexity index is 1350. The van der Waals surface area contributed by atoms with Gasteiger partial charge in [0.1, 0.15) is 0 Å². The average molecular weight is 460 g/mol. The van der Waals surface area contributed by atoms with Gasteiger partial charge in [-0.1, -0.05) is 24.3 Å². The number of hydrogen-bond donors (Lipinski definition) is 4. The predicted molar refractivity (Wildman–Crippen MR) is 130 cm³/mol. The van der Waals surface area contributed by atoms with E-state index in [2.05, 4.69) is 15.6 Å². The molecule has 4 aromatic rings. The van der Waals surface area contributed by atoms with Crippen LogP contribution in [0.5, 0.6) is 0 Å². The quantitative estimate of drug-likeness (QED) is 0.283. The Kier molecular flexibility index (Phi) is 6.46. The van der Waals surface area contributed by atoms with Crippen molar-refractivity contribution in [2.45, 2.75) is 17.1 Å². The molecule has 3 aromatic carbocycles. The fourth-order valence-electron chi connectivity index (χ4n) is 3.34. The highest BCUT2D eigenvalue weighted by molar-refractivity contribution is 8.00. The summed E-state index contributed by atoms with van der Waals surface area (Å²) in [5, 5.41) is 15.6. The minimum Gasteiger partial charge on any atom is -0.478 e. The van der Waals surface area contributed by atoms with Crippen LogP contribution in [-0.2, 0) is 4.79 Å². The molecule has 2 amide bonds. The van der Waals surface area contributed by atoms with Gasteiger partial charge in [0.05, 0.1) is 16.4 Å². The molecule has 0 aliphatic carbocycles. The van der Waals surface area contributed by atoms with Crippen molar-refractivity contribution >= 4 is 51.8 Å². The molecular weight excluding hydrogens is 438 g/mol. The number of carbonyl (C=O) groups is 3. The Labute approximate surface area is 194 Å². The summed E-state index contributed by atoms with van der Waals surface area (Å²) in [6.45, 7) is 1.81. The molecular formula is C25H21N3O4S. The fraction of sp³-hybridized carbons (Fsp3) is 0.0800. The summed E-state index contributed by atoms with van der Waals surface area (Å²) >= 11 is 1.36. The number of hydrogen-bond acceptors (Lipinski definition) is 4. The van der Waals surface area contributed by atoms with Gasteiger partial charge in [-0.2, -0.15) is 0 Å². The van der Waals surface area contributed by atoms with Crippen molar-refractivity contribution in [3.8, 4) is 0 Å². The molecule has 1 atom stereocenters. The number of anilines is 2. The third-order valence-corrected chi connectivity index (χ3v) is 6.09. The second-order valence-electron chi connectivity index (χ2n) is 7.36. The van der Waals surface area contributed by atoms with Crippen LogP contribution in [0.25, 0.3) is 10.9 Å². The van der Waals surface area contributed by atoms with Crippen molar-refractivity contribution in [3.63, 3.8) is 0 Å². The minimum atomic E-state index is -1.17. The SMILES string of the molecule is CC(Sc1cccc(NC(=O)c2ccccc2C(=O)O)c1)C(=O)Nc1ccc2cc[nH]c2c1.